The van der Waals surface area contributed by atoms with Gasteiger partial charge in [0.15, 0.2) is 5.78 Å². The number of aryl methyl sites for hydroxylation is 2. The van der Waals surface area contributed by atoms with Gasteiger partial charge in [0.1, 0.15) is 12.2 Å². The van der Waals surface area contributed by atoms with Crippen LogP contribution in [0.5, 0.6) is 0 Å². The van der Waals surface area contributed by atoms with Gasteiger partial charge in [-0.1, -0.05) is 0 Å². The van der Waals surface area contributed by atoms with Crippen molar-refractivity contribution in [1.82, 2.24) is 25.0 Å². The van der Waals surface area contributed by atoms with Crippen LogP contribution in [-0.4, -0.2) is 30.7 Å². The summed E-state index contributed by atoms with van der Waals surface area (Å²) >= 11 is 0. The Morgan fingerprint density at radius 2 is 2.05 bits per heavy atom. The van der Waals surface area contributed by atoms with Crippen molar-refractivity contribution in [2.45, 2.75) is 40.2 Å². The van der Waals surface area contributed by atoms with Crippen molar-refractivity contribution in [3.8, 4) is 0 Å². The third-order valence-electron chi connectivity index (χ3n) is 2.86. The van der Waals surface area contributed by atoms with E-state index in [0.717, 1.165) is 5.69 Å². The van der Waals surface area contributed by atoms with Gasteiger partial charge in [0.2, 0.25) is 0 Å². The average molecular weight is 259 g/mol. The molecule has 0 radical (unpaired) electrons. The van der Waals surface area contributed by atoms with Crippen LogP contribution < -0.4 is 0 Å². The Morgan fingerprint density at radius 3 is 2.74 bits per heavy atom. The van der Waals surface area contributed by atoms with Gasteiger partial charge in [0.25, 0.3) is 0 Å². The number of Topliss-reactive ketones (excluding diaryl/α,β-unsaturated/α-hetero) is 1. The normalized spacial score (nSPS) is 11.0. The van der Waals surface area contributed by atoms with Crippen LogP contribution in [0.15, 0.2) is 12.4 Å². The number of nitrogens with zero attached hydrogens (tertiary/aromatic N) is 5. The molecule has 0 aliphatic carbocycles. The lowest BCUT2D eigenvalue weighted by molar-refractivity contribution is 0.0987. The van der Waals surface area contributed by atoms with Gasteiger partial charge in [-0.2, -0.15) is 15.3 Å². The number of aromatic nitrogens is 5. The molecular formula is C13H17N5O. The first-order valence-electron chi connectivity index (χ1n) is 6.21. The Kier molecular flexibility index (Phi) is 3.69. The fourth-order valence-corrected chi connectivity index (χ4v) is 1.90. The van der Waals surface area contributed by atoms with Crippen molar-refractivity contribution in [3.63, 3.8) is 0 Å². The van der Waals surface area contributed by atoms with E-state index >= 15 is 0 Å². The van der Waals surface area contributed by atoms with E-state index in [2.05, 4.69) is 20.3 Å². The molecule has 2 heterocycles. The lowest BCUT2D eigenvalue weighted by Gasteiger charge is -2.09. The first kappa shape index (κ1) is 13.3. The number of carbonyl (C=O) groups is 1. The summed E-state index contributed by atoms with van der Waals surface area (Å²) < 4.78 is 1.76. The molecule has 100 valence electrons. The predicted molar refractivity (Wildman–Crippen MR) is 69.9 cm³/mol. The molecule has 0 unspecified atom stereocenters. The van der Waals surface area contributed by atoms with Crippen molar-refractivity contribution in [1.29, 1.82) is 0 Å². The van der Waals surface area contributed by atoms with E-state index < -0.39 is 0 Å². The lowest BCUT2D eigenvalue weighted by atomic mass is 10.1. The van der Waals surface area contributed by atoms with Gasteiger partial charge in [-0.3, -0.25) is 4.79 Å². The van der Waals surface area contributed by atoms with Crippen LogP contribution in [-0.2, 0) is 6.42 Å². The second-order valence-corrected chi connectivity index (χ2v) is 4.80. The maximum atomic E-state index is 12.3. The van der Waals surface area contributed by atoms with E-state index in [1.54, 1.807) is 17.7 Å². The summed E-state index contributed by atoms with van der Waals surface area (Å²) in [5.41, 5.74) is 1.98. The largest absolute Gasteiger partial charge is 0.294 e. The van der Waals surface area contributed by atoms with Crippen molar-refractivity contribution in [2.24, 2.45) is 0 Å². The molecule has 0 amide bonds. The number of hydrogen-bond acceptors (Lipinski definition) is 5. The molecule has 0 fully saturated rings. The number of rotatable bonds is 4. The Hall–Kier alpha value is -2.11. The summed E-state index contributed by atoms with van der Waals surface area (Å²) in [6.07, 6.45) is 1.70. The van der Waals surface area contributed by atoms with Crippen LogP contribution in [0.2, 0.25) is 0 Å². The minimum atomic E-state index is -0.00889. The van der Waals surface area contributed by atoms with Gasteiger partial charge in [0.05, 0.1) is 17.8 Å². The van der Waals surface area contributed by atoms with E-state index in [9.17, 15) is 4.79 Å². The maximum absolute atomic E-state index is 12.3. The van der Waals surface area contributed by atoms with Crippen molar-refractivity contribution in [2.75, 3.05) is 0 Å². The van der Waals surface area contributed by atoms with Crippen LogP contribution in [0.1, 0.15) is 47.5 Å². The molecule has 0 saturated heterocycles. The Labute approximate surface area is 111 Å². The summed E-state index contributed by atoms with van der Waals surface area (Å²) in [4.78, 5) is 16.5. The number of carbonyl (C=O) groups excluding carboxylic acids is 1. The Morgan fingerprint density at radius 1 is 1.32 bits per heavy atom. The molecule has 0 saturated carbocycles. The summed E-state index contributed by atoms with van der Waals surface area (Å²) in [6, 6.07) is 1.95. The highest BCUT2D eigenvalue weighted by Crippen LogP contribution is 2.12. The van der Waals surface area contributed by atoms with Gasteiger partial charge in [-0.25, -0.2) is 9.67 Å². The molecule has 19 heavy (non-hydrogen) atoms. The van der Waals surface area contributed by atoms with E-state index in [-0.39, 0.29) is 18.2 Å². The van der Waals surface area contributed by atoms with E-state index in [1.165, 1.54) is 6.33 Å². The molecule has 2 aromatic heterocycles. The highest BCUT2D eigenvalue weighted by atomic mass is 16.1. The van der Waals surface area contributed by atoms with Crippen LogP contribution in [0.25, 0.3) is 0 Å². The van der Waals surface area contributed by atoms with Crippen LogP contribution in [0.4, 0.5) is 0 Å². The predicted octanol–water partition coefficient (Wildman–Crippen LogP) is 1.69. The Balaban J connectivity index is 2.26. The van der Waals surface area contributed by atoms with Crippen LogP contribution >= 0.6 is 0 Å². The SMILES string of the molecule is Cc1cc(C(=O)Cc2ncnn2C(C)C)c(C)nn1. The second-order valence-electron chi connectivity index (χ2n) is 4.80. The summed E-state index contributed by atoms with van der Waals surface area (Å²) in [7, 11) is 0. The fraction of sp³-hybridized carbons (Fsp3) is 0.462. The molecule has 6 nitrogen and oxygen atoms in total. The third-order valence-corrected chi connectivity index (χ3v) is 2.86. The standard InChI is InChI=1S/C13H17N5O/c1-8(2)18-13(14-7-15-18)6-12(19)11-5-9(3)16-17-10(11)4/h5,7-8H,6H2,1-4H3. The molecule has 6 heteroatoms. The monoisotopic (exact) mass is 259 g/mol. The van der Waals surface area contributed by atoms with Gasteiger partial charge in [-0.15, -0.1) is 0 Å². The molecule has 2 aromatic rings. The second kappa shape index (κ2) is 5.26. The quantitative estimate of drug-likeness (QED) is 0.781. The number of hydrogen-bond donors (Lipinski definition) is 0. The molecule has 0 aliphatic rings. The first-order chi connectivity index (χ1) is 8.99. The van der Waals surface area contributed by atoms with E-state index in [4.69, 9.17) is 0 Å². The minimum absolute atomic E-state index is 0.00889. The molecule has 2 rings (SSSR count). The van der Waals surface area contributed by atoms with Gasteiger partial charge >= 0.3 is 0 Å². The van der Waals surface area contributed by atoms with Crippen molar-refractivity contribution >= 4 is 5.78 Å². The molecule has 0 aliphatic heterocycles. The van der Waals surface area contributed by atoms with Crippen molar-refractivity contribution < 1.29 is 4.79 Å². The summed E-state index contributed by atoms with van der Waals surface area (Å²) in [5, 5.41) is 12.0. The zero-order chi connectivity index (χ0) is 14.0. The topological polar surface area (TPSA) is 73.6 Å². The molecular weight excluding hydrogens is 242 g/mol. The first-order valence-corrected chi connectivity index (χ1v) is 6.21. The van der Waals surface area contributed by atoms with Gasteiger partial charge in [0, 0.05) is 11.6 Å². The molecule has 0 N–H and O–H groups in total. The smallest absolute Gasteiger partial charge is 0.172 e. The highest BCUT2D eigenvalue weighted by Gasteiger charge is 2.16. The molecule has 0 atom stereocenters. The average Bonchev–Trinajstić information content (AvgIpc) is 2.80. The zero-order valence-corrected chi connectivity index (χ0v) is 11.6. The summed E-state index contributed by atoms with van der Waals surface area (Å²) in [5.74, 6) is 0.666. The Bertz CT molecular complexity index is 603. The van der Waals surface area contributed by atoms with Gasteiger partial charge in [-0.05, 0) is 33.8 Å². The molecule has 0 bridgehead atoms. The van der Waals surface area contributed by atoms with E-state index in [1.807, 2.05) is 20.8 Å². The van der Waals surface area contributed by atoms with Crippen molar-refractivity contribution in [3.05, 3.63) is 35.2 Å². The number of ketones is 1. The zero-order valence-electron chi connectivity index (χ0n) is 11.6. The van der Waals surface area contributed by atoms with Gasteiger partial charge < -0.3 is 0 Å². The summed E-state index contributed by atoms with van der Waals surface area (Å²) in [6.45, 7) is 7.62. The van der Waals surface area contributed by atoms with Crippen LogP contribution in [0.3, 0.4) is 0 Å². The molecule has 0 aromatic carbocycles. The third kappa shape index (κ3) is 2.83. The highest BCUT2D eigenvalue weighted by molar-refractivity contribution is 5.98. The van der Waals surface area contributed by atoms with E-state index in [0.29, 0.717) is 17.1 Å². The lowest BCUT2D eigenvalue weighted by Crippen LogP contribution is -2.14. The molecule has 0 spiro atoms. The maximum Gasteiger partial charge on any atom is 0.172 e. The minimum Gasteiger partial charge on any atom is -0.294 e. The van der Waals surface area contributed by atoms with Crippen LogP contribution in [0, 0.1) is 13.8 Å². The fourth-order valence-electron chi connectivity index (χ4n) is 1.90.